The summed E-state index contributed by atoms with van der Waals surface area (Å²) < 4.78 is 0. The molecular formula is C18H21N3O2. The fourth-order valence-corrected chi connectivity index (χ4v) is 2.01. The number of carbonyl (C=O) groups is 2. The molecule has 0 radical (unpaired) electrons. The van der Waals surface area contributed by atoms with Crippen molar-refractivity contribution in [2.45, 2.75) is 26.9 Å². The van der Waals surface area contributed by atoms with Crippen LogP contribution >= 0.6 is 0 Å². The Morgan fingerprint density at radius 2 is 1.35 bits per heavy atom. The average molecular weight is 311 g/mol. The first-order chi connectivity index (χ1) is 11.0. The van der Waals surface area contributed by atoms with Gasteiger partial charge in [-0.2, -0.15) is 0 Å². The minimum atomic E-state index is -1.14. The van der Waals surface area contributed by atoms with Gasteiger partial charge in [0.05, 0.1) is 0 Å². The van der Waals surface area contributed by atoms with E-state index in [9.17, 15) is 9.59 Å². The van der Waals surface area contributed by atoms with E-state index in [-0.39, 0.29) is 11.8 Å². The SMILES string of the molecule is CC(C)(C(=O)NCc1ccccc1)C(=O)NCc1ccncc1. The Kier molecular flexibility index (Phi) is 5.46. The normalized spacial score (nSPS) is 10.9. The molecule has 2 aromatic rings. The van der Waals surface area contributed by atoms with Crippen LogP contribution in [-0.2, 0) is 22.7 Å². The van der Waals surface area contributed by atoms with E-state index in [0.717, 1.165) is 11.1 Å². The first kappa shape index (κ1) is 16.7. The summed E-state index contributed by atoms with van der Waals surface area (Å²) in [6, 6.07) is 13.2. The highest BCUT2D eigenvalue weighted by Gasteiger charge is 2.35. The lowest BCUT2D eigenvalue weighted by Crippen LogP contribution is -2.47. The first-order valence-corrected chi connectivity index (χ1v) is 7.49. The number of amides is 2. The Morgan fingerprint density at radius 1 is 0.870 bits per heavy atom. The van der Waals surface area contributed by atoms with Crippen molar-refractivity contribution in [3.05, 3.63) is 66.0 Å². The summed E-state index contributed by atoms with van der Waals surface area (Å²) in [5, 5.41) is 5.60. The molecule has 0 spiro atoms. The summed E-state index contributed by atoms with van der Waals surface area (Å²) in [6.07, 6.45) is 3.33. The second-order valence-corrected chi connectivity index (χ2v) is 5.83. The largest absolute Gasteiger partial charge is 0.351 e. The summed E-state index contributed by atoms with van der Waals surface area (Å²) in [5.41, 5.74) is 0.796. The zero-order valence-corrected chi connectivity index (χ0v) is 13.4. The third kappa shape index (κ3) is 4.64. The van der Waals surface area contributed by atoms with Gasteiger partial charge in [0, 0.05) is 25.5 Å². The number of hydrogen-bond donors (Lipinski definition) is 2. The molecule has 2 amide bonds. The predicted octanol–water partition coefficient (Wildman–Crippen LogP) is 2.04. The minimum absolute atomic E-state index is 0.298. The van der Waals surface area contributed by atoms with Crippen LogP contribution in [0, 0.1) is 5.41 Å². The number of hydrogen-bond acceptors (Lipinski definition) is 3. The van der Waals surface area contributed by atoms with E-state index in [0.29, 0.717) is 13.1 Å². The molecule has 0 fully saturated rings. The first-order valence-electron chi connectivity index (χ1n) is 7.49. The van der Waals surface area contributed by atoms with E-state index in [2.05, 4.69) is 15.6 Å². The van der Waals surface area contributed by atoms with Gasteiger partial charge in [-0.1, -0.05) is 30.3 Å². The lowest BCUT2D eigenvalue weighted by atomic mass is 9.91. The smallest absolute Gasteiger partial charge is 0.235 e. The Balaban J connectivity index is 1.88. The van der Waals surface area contributed by atoms with Crippen LogP contribution in [0.5, 0.6) is 0 Å². The van der Waals surface area contributed by atoms with Gasteiger partial charge >= 0.3 is 0 Å². The highest BCUT2D eigenvalue weighted by molar-refractivity contribution is 6.04. The van der Waals surface area contributed by atoms with Crippen LogP contribution < -0.4 is 10.6 Å². The molecule has 1 aromatic heterocycles. The molecule has 0 aliphatic carbocycles. The highest BCUT2D eigenvalue weighted by Crippen LogP contribution is 2.16. The molecule has 23 heavy (non-hydrogen) atoms. The monoisotopic (exact) mass is 311 g/mol. The van der Waals surface area contributed by atoms with Crippen molar-refractivity contribution in [1.82, 2.24) is 15.6 Å². The van der Waals surface area contributed by atoms with Gasteiger partial charge in [-0.15, -0.1) is 0 Å². The predicted molar refractivity (Wildman–Crippen MR) is 88.2 cm³/mol. The van der Waals surface area contributed by atoms with Crippen LogP contribution in [0.1, 0.15) is 25.0 Å². The fraction of sp³-hybridized carbons (Fsp3) is 0.278. The molecule has 0 atom stereocenters. The van der Waals surface area contributed by atoms with Crippen molar-refractivity contribution in [3.63, 3.8) is 0 Å². The Bertz CT molecular complexity index is 597. The number of benzene rings is 1. The van der Waals surface area contributed by atoms with Crippen LogP contribution in [0.3, 0.4) is 0 Å². The van der Waals surface area contributed by atoms with Crippen molar-refractivity contribution in [2.24, 2.45) is 5.41 Å². The molecule has 2 rings (SSSR count). The summed E-state index contributed by atoms with van der Waals surface area (Å²) in [6.45, 7) is 4.02. The van der Waals surface area contributed by atoms with Crippen LogP contribution in [0.25, 0.3) is 0 Å². The van der Waals surface area contributed by atoms with Crippen LogP contribution in [0.2, 0.25) is 0 Å². The van der Waals surface area contributed by atoms with Gasteiger partial charge in [0.1, 0.15) is 5.41 Å². The third-order valence-corrected chi connectivity index (χ3v) is 3.63. The maximum atomic E-state index is 12.3. The minimum Gasteiger partial charge on any atom is -0.351 e. The van der Waals surface area contributed by atoms with E-state index in [1.807, 2.05) is 42.5 Å². The summed E-state index contributed by atoms with van der Waals surface area (Å²) in [5.74, 6) is -0.603. The van der Waals surface area contributed by atoms with Gasteiger partial charge in [-0.25, -0.2) is 0 Å². The quantitative estimate of drug-likeness (QED) is 0.802. The number of nitrogens with one attached hydrogen (secondary N) is 2. The van der Waals surface area contributed by atoms with Crippen LogP contribution in [-0.4, -0.2) is 16.8 Å². The standard InChI is InChI=1S/C18H21N3O2/c1-18(2,16(22)20-12-14-6-4-3-5-7-14)17(23)21-13-15-8-10-19-11-9-15/h3-11H,12-13H2,1-2H3,(H,20,22)(H,21,23). The van der Waals surface area contributed by atoms with Gasteiger partial charge in [-0.3, -0.25) is 14.6 Å². The number of carbonyl (C=O) groups excluding carboxylic acids is 2. The number of aromatic nitrogens is 1. The lowest BCUT2D eigenvalue weighted by molar-refractivity contribution is -0.141. The van der Waals surface area contributed by atoms with Crippen LogP contribution in [0.15, 0.2) is 54.9 Å². The Labute approximate surface area is 136 Å². The maximum Gasteiger partial charge on any atom is 0.235 e. The molecule has 1 heterocycles. The Morgan fingerprint density at radius 3 is 1.87 bits per heavy atom. The van der Waals surface area contributed by atoms with E-state index in [4.69, 9.17) is 0 Å². The number of nitrogens with zero attached hydrogens (tertiary/aromatic N) is 1. The zero-order chi connectivity index (χ0) is 16.7. The molecular weight excluding hydrogens is 290 g/mol. The molecule has 0 aliphatic rings. The fourth-order valence-electron chi connectivity index (χ4n) is 2.01. The van der Waals surface area contributed by atoms with E-state index >= 15 is 0 Å². The maximum absolute atomic E-state index is 12.3. The van der Waals surface area contributed by atoms with Gasteiger partial charge in [0.15, 0.2) is 0 Å². The summed E-state index contributed by atoms with van der Waals surface area (Å²) >= 11 is 0. The van der Waals surface area contributed by atoms with Crippen LogP contribution in [0.4, 0.5) is 0 Å². The van der Waals surface area contributed by atoms with E-state index < -0.39 is 5.41 Å². The second-order valence-electron chi connectivity index (χ2n) is 5.83. The van der Waals surface area contributed by atoms with Gasteiger partial charge in [-0.05, 0) is 37.1 Å². The molecule has 1 aromatic carbocycles. The molecule has 0 unspecified atom stereocenters. The third-order valence-electron chi connectivity index (χ3n) is 3.63. The number of rotatable bonds is 6. The molecule has 0 saturated carbocycles. The summed E-state index contributed by atoms with van der Waals surface area (Å²) in [7, 11) is 0. The van der Waals surface area contributed by atoms with E-state index in [1.165, 1.54) is 0 Å². The average Bonchev–Trinajstić information content (AvgIpc) is 2.59. The molecule has 5 nitrogen and oxygen atoms in total. The lowest BCUT2D eigenvalue weighted by Gasteiger charge is -2.22. The van der Waals surface area contributed by atoms with Gasteiger partial charge < -0.3 is 10.6 Å². The highest BCUT2D eigenvalue weighted by atomic mass is 16.2. The molecule has 2 N–H and O–H groups in total. The van der Waals surface area contributed by atoms with E-state index in [1.54, 1.807) is 26.2 Å². The molecule has 0 bridgehead atoms. The zero-order valence-electron chi connectivity index (χ0n) is 13.4. The van der Waals surface area contributed by atoms with Crippen molar-refractivity contribution in [3.8, 4) is 0 Å². The number of pyridine rings is 1. The van der Waals surface area contributed by atoms with Crippen molar-refractivity contribution in [2.75, 3.05) is 0 Å². The topological polar surface area (TPSA) is 71.1 Å². The molecule has 0 saturated heterocycles. The summed E-state index contributed by atoms with van der Waals surface area (Å²) in [4.78, 5) is 28.5. The van der Waals surface area contributed by atoms with Crippen molar-refractivity contribution in [1.29, 1.82) is 0 Å². The van der Waals surface area contributed by atoms with Crippen molar-refractivity contribution < 1.29 is 9.59 Å². The van der Waals surface area contributed by atoms with Crippen molar-refractivity contribution >= 4 is 11.8 Å². The van der Waals surface area contributed by atoms with Gasteiger partial charge in [0.25, 0.3) is 0 Å². The Hall–Kier alpha value is -2.69. The van der Waals surface area contributed by atoms with Gasteiger partial charge in [0.2, 0.25) is 11.8 Å². The molecule has 5 heteroatoms. The molecule has 0 aliphatic heterocycles. The second kappa shape index (κ2) is 7.54. The molecule has 120 valence electrons.